The highest BCUT2D eigenvalue weighted by molar-refractivity contribution is 7.14. The van der Waals surface area contributed by atoms with E-state index >= 15 is 0 Å². The first-order chi connectivity index (χ1) is 10.5. The van der Waals surface area contributed by atoms with Crippen molar-refractivity contribution in [2.75, 3.05) is 0 Å². The minimum atomic E-state index is -0.771. The van der Waals surface area contributed by atoms with Crippen LogP contribution in [0.3, 0.4) is 0 Å². The largest absolute Gasteiger partial charge is 0.450 e. The Morgan fingerprint density at radius 2 is 1.91 bits per heavy atom. The summed E-state index contributed by atoms with van der Waals surface area (Å²) in [6.07, 6.45) is 2.48. The summed E-state index contributed by atoms with van der Waals surface area (Å²) in [6, 6.07) is 9.21. The lowest BCUT2D eigenvalue weighted by Gasteiger charge is -2.11. The highest BCUT2D eigenvalue weighted by Crippen LogP contribution is 2.31. The van der Waals surface area contributed by atoms with Gasteiger partial charge in [-0.2, -0.15) is 0 Å². The molecule has 4 heteroatoms. The molecule has 0 N–H and O–H groups in total. The van der Waals surface area contributed by atoms with Crippen LogP contribution in [-0.2, 0) is 17.6 Å². The van der Waals surface area contributed by atoms with Gasteiger partial charge in [0, 0.05) is 10.4 Å². The molecule has 0 unspecified atom stereocenters. The fraction of sp³-hybridized carbons (Fsp3) is 0.333. The number of hydrogen-bond donors (Lipinski definition) is 0. The first-order valence-corrected chi connectivity index (χ1v) is 8.29. The second-order valence-corrected chi connectivity index (χ2v) is 6.83. The Morgan fingerprint density at radius 3 is 2.59 bits per heavy atom. The van der Waals surface area contributed by atoms with Gasteiger partial charge in [0.05, 0.1) is 0 Å². The van der Waals surface area contributed by atoms with Crippen molar-refractivity contribution in [1.29, 1.82) is 0 Å². The Labute approximate surface area is 133 Å². The van der Waals surface area contributed by atoms with Crippen LogP contribution in [0.2, 0.25) is 0 Å². The molecule has 1 aromatic heterocycles. The van der Waals surface area contributed by atoms with Crippen LogP contribution < -0.4 is 0 Å². The second-order valence-electron chi connectivity index (χ2n) is 5.69. The minimum Gasteiger partial charge on any atom is -0.450 e. The lowest BCUT2D eigenvalue weighted by Crippen LogP contribution is -2.24. The Balaban J connectivity index is 1.67. The van der Waals surface area contributed by atoms with E-state index in [1.54, 1.807) is 19.1 Å². The highest BCUT2D eigenvalue weighted by atomic mass is 32.1. The smallest absolute Gasteiger partial charge is 0.349 e. The van der Waals surface area contributed by atoms with Gasteiger partial charge in [-0.05, 0) is 44.7 Å². The van der Waals surface area contributed by atoms with Crippen LogP contribution in [0.4, 0.5) is 0 Å². The fourth-order valence-electron chi connectivity index (χ4n) is 2.65. The molecule has 1 aliphatic carbocycles. The number of carbonyl (C=O) groups is 2. The lowest BCUT2D eigenvalue weighted by molar-refractivity contribution is 0.0323. The molecule has 3 rings (SSSR count). The van der Waals surface area contributed by atoms with Crippen molar-refractivity contribution in [2.24, 2.45) is 0 Å². The van der Waals surface area contributed by atoms with Gasteiger partial charge in [0.25, 0.3) is 0 Å². The summed E-state index contributed by atoms with van der Waals surface area (Å²) in [5.41, 5.74) is 2.92. The van der Waals surface area contributed by atoms with E-state index in [1.807, 2.05) is 25.1 Å². The Bertz CT molecular complexity index is 691. The monoisotopic (exact) mass is 314 g/mol. The average Bonchev–Trinajstić information content (AvgIpc) is 3.08. The van der Waals surface area contributed by atoms with Crippen molar-refractivity contribution in [3.63, 3.8) is 0 Å². The van der Waals surface area contributed by atoms with Crippen LogP contribution in [0.5, 0.6) is 0 Å². The van der Waals surface area contributed by atoms with Crippen LogP contribution in [0, 0.1) is 6.92 Å². The molecule has 2 aromatic rings. The maximum Gasteiger partial charge on any atom is 0.349 e. The lowest BCUT2D eigenvalue weighted by atomic mass is 10.1. The maximum absolute atomic E-state index is 12.3. The number of ether oxygens (including phenoxy) is 1. The van der Waals surface area contributed by atoms with Crippen molar-refractivity contribution in [2.45, 2.75) is 39.2 Å². The number of aryl methyl sites for hydroxylation is 3. The third kappa shape index (κ3) is 2.97. The van der Waals surface area contributed by atoms with Crippen LogP contribution in [0.25, 0.3) is 0 Å². The number of ketones is 1. The zero-order valence-corrected chi connectivity index (χ0v) is 13.5. The molecular weight excluding hydrogens is 296 g/mol. The van der Waals surface area contributed by atoms with Gasteiger partial charge in [0.2, 0.25) is 5.78 Å². The van der Waals surface area contributed by atoms with Crippen molar-refractivity contribution in [3.8, 4) is 0 Å². The zero-order chi connectivity index (χ0) is 15.7. The summed E-state index contributed by atoms with van der Waals surface area (Å²) in [4.78, 5) is 26.4. The number of fused-ring (bicyclic) bond motifs is 1. The van der Waals surface area contributed by atoms with E-state index in [-0.39, 0.29) is 5.78 Å². The molecule has 3 nitrogen and oxygen atoms in total. The van der Waals surface area contributed by atoms with Crippen LogP contribution >= 0.6 is 11.3 Å². The predicted octanol–water partition coefficient (Wildman–Crippen LogP) is 3.97. The van der Waals surface area contributed by atoms with E-state index in [0.29, 0.717) is 10.4 Å². The molecule has 0 aliphatic heterocycles. The highest BCUT2D eigenvalue weighted by Gasteiger charge is 2.23. The van der Waals surface area contributed by atoms with E-state index in [2.05, 4.69) is 0 Å². The number of esters is 1. The molecule has 1 aromatic carbocycles. The van der Waals surface area contributed by atoms with Crippen molar-refractivity contribution in [1.82, 2.24) is 0 Å². The molecule has 0 spiro atoms. The molecule has 0 bridgehead atoms. The van der Waals surface area contributed by atoms with Crippen molar-refractivity contribution < 1.29 is 14.3 Å². The third-order valence-electron chi connectivity index (χ3n) is 3.94. The van der Waals surface area contributed by atoms with Crippen molar-refractivity contribution in [3.05, 3.63) is 56.8 Å². The van der Waals surface area contributed by atoms with Crippen molar-refractivity contribution >= 4 is 23.1 Å². The number of carbonyl (C=O) groups excluding carboxylic acids is 2. The molecule has 0 saturated carbocycles. The molecule has 1 atom stereocenters. The molecule has 0 fully saturated rings. The summed E-state index contributed by atoms with van der Waals surface area (Å²) in [6.45, 7) is 3.59. The third-order valence-corrected chi connectivity index (χ3v) is 5.15. The fourth-order valence-corrected chi connectivity index (χ4v) is 3.79. The second kappa shape index (κ2) is 6.05. The molecule has 0 radical (unpaired) electrons. The van der Waals surface area contributed by atoms with E-state index in [0.717, 1.165) is 18.4 Å². The number of thiophene rings is 1. The molecular formula is C18H18O3S. The van der Waals surface area contributed by atoms with E-state index < -0.39 is 12.1 Å². The molecule has 1 heterocycles. The van der Waals surface area contributed by atoms with Crippen LogP contribution in [-0.4, -0.2) is 17.9 Å². The summed E-state index contributed by atoms with van der Waals surface area (Å²) < 4.78 is 5.34. The van der Waals surface area contributed by atoms with Gasteiger partial charge in [0.1, 0.15) is 4.88 Å². The van der Waals surface area contributed by atoms with Gasteiger partial charge in [-0.1, -0.05) is 29.8 Å². The van der Waals surface area contributed by atoms with Crippen LogP contribution in [0.1, 0.15) is 49.4 Å². The molecule has 0 amide bonds. The minimum absolute atomic E-state index is 0.169. The number of benzene rings is 1. The Kier molecular flexibility index (Phi) is 4.12. The van der Waals surface area contributed by atoms with Gasteiger partial charge >= 0.3 is 5.97 Å². The molecule has 1 aliphatic rings. The van der Waals surface area contributed by atoms with E-state index in [9.17, 15) is 9.59 Å². The van der Waals surface area contributed by atoms with Gasteiger partial charge in [-0.3, -0.25) is 4.79 Å². The summed E-state index contributed by atoms with van der Waals surface area (Å²) >= 11 is 1.50. The maximum atomic E-state index is 12.3. The SMILES string of the molecule is Cc1ccc(C(=O)[C@H](C)OC(=O)c2cc3c(s2)CCC3)cc1. The van der Waals surface area contributed by atoms with E-state index in [4.69, 9.17) is 4.74 Å². The predicted molar refractivity (Wildman–Crippen MR) is 86.7 cm³/mol. The number of rotatable bonds is 4. The number of hydrogen-bond acceptors (Lipinski definition) is 4. The Morgan fingerprint density at radius 1 is 1.18 bits per heavy atom. The topological polar surface area (TPSA) is 43.4 Å². The standard InChI is InChI=1S/C18H18O3S/c1-11-6-8-13(9-7-11)17(19)12(2)21-18(20)16-10-14-4-3-5-15(14)22-16/h6-10,12H,3-5H2,1-2H3/t12-/m0/s1. The normalized spacial score (nSPS) is 14.5. The molecule has 114 valence electrons. The summed E-state index contributed by atoms with van der Waals surface area (Å²) in [5.74, 6) is -0.565. The first kappa shape index (κ1) is 15.0. The van der Waals surface area contributed by atoms with Gasteiger partial charge < -0.3 is 4.74 Å². The van der Waals surface area contributed by atoms with Gasteiger partial charge in [-0.15, -0.1) is 11.3 Å². The number of Topliss-reactive ketones (excluding diaryl/α,β-unsaturated/α-hetero) is 1. The van der Waals surface area contributed by atoms with Gasteiger partial charge in [0.15, 0.2) is 6.10 Å². The van der Waals surface area contributed by atoms with Crippen LogP contribution in [0.15, 0.2) is 30.3 Å². The summed E-state index contributed by atoms with van der Waals surface area (Å²) in [7, 11) is 0. The van der Waals surface area contributed by atoms with E-state index in [1.165, 1.54) is 28.2 Å². The van der Waals surface area contributed by atoms with Gasteiger partial charge in [-0.25, -0.2) is 4.79 Å². The first-order valence-electron chi connectivity index (χ1n) is 7.48. The quantitative estimate of drug-likeness (QED) is 0.633. The molecule has 0 saturated heterocycles. The molecule has 22 heavy (non-hydrogen) atoms. The summed E-state index contributed by atoms with van der Waals surface area (Å²) in [5, 5.41) is 0. The average molecular weight is 314 g/mol. The Hall–Kier alpha value is -1.94. The zero-order valence-electron chi connectivity index (χ0n) is 12.7.